The third-order valence-corrected chi connectivity index (χ3v) is 3.80. The maximum absolute atomic E-state index is 11.9. The van der Waals surface area contributed by atoms with E-state index in [2.05, 4.69) is 37.9 Å². The molecule has 0 fully saturated rings. The molecule has 1 heterocycles. The molecule has 0 aliphatic rings. The molecule has 0 unspecified atom stereocenters. The van der Waals surface area contributed by atoms with Gasteiger partial charge in [0.25, 0.3) is 5.91 Å². The highest BCUT2D eigenvalue weighted by atomic mass is 127. The lowest BCUT2D eigenvalue weighted by Gasteiger charge is -2.05. The maximum atomic E-state index is 11.9. The predicted molar refractivity (Wildman–Crippen MR) is 79.2 cm³/mol. The van der Waals surface area contributed by atoms with E-state index in [1.54, 1.807) is 24.3 Å². The molecule has 92 valence electrons. The zero-order valence-corrected chi connectivity index (χ0v) is 12.5. The van der Waals surface area contributed by atoms with Gasteiger partial charge in [0.1, 0.15) is 5.82 Å². The molecule has 2 aromatic rings. The number of nitrogens with zero attached hydrogens (tertiary/aromatic N) is 2. The molecule has 7 heteroatoms. The molecule has 0 saturated carbocycles. The fourth-order valence-electron chi connectivity index (χ4n) is 1.23. The minimum atomic E-state index is -0.303. The quantitative estimate of drug-likeness (QED) is 0.626. The van der Waals surface area contributed by atoms with Crippen LogP contribution in [0.25, 0.3) is 0 Å². The number of anilines is 1. The van der Waals surface area contributed by atoms with Gasteiger partial charge < -0.3 is 5.32 Å². The minimum Gasteiger partial charge on any atom is -0.306 e. The standard InChI is InChI=1S/C11H6Cl2IN3O/c12-7-5-6(1-2-8(7)14)10(18)16-9-3-4-15-11(13)17-9/h1-5H,(H,15,16,17,18). The van der Waals surface area contributed by atoms with Gasteiger partial charge in [0.05, 0.1) is 5.02 Å². The molecule has 0 radical (unpaired) electrons. The van der Waals surface area contributed by atoms with E-state index in [-0.39, 0.29) is 11.2 Å². The highest BCUT2D eigenvalue weighted by Gasteiger charge is 2.09. The van der Waals surface area contributed by atoms with Gasteiger partial charge in [-0.3, -0.25) is 4.79 Å². The maximum Gasteiger partial charge on any atom is 0.256 e. The number of hydrogen-bond donors (Lipinski definition) is 1. The first kappa shape index (κ1) is 13.5. The van der Waals surface area contributed by atoms with Crippen LogP contribution in [0, 0.1) is 3.57 Å². The van der Waals surface area contributed by atoms with E-state index >= 15 is 0 Å². The Morgan fingerprint density at radius 1 is 1.28 bits per heavy atom. The van der Waals surface area contributed by atoms with Crippen LogP contribution in [0.3, 0.4) is 0 Å². The van der Waals surface area contributed by atoms with Crippen molar-refractivity contribution < 1.29 is 4.79 Å². The Bertz CT molecular complexity index is 607. The molecule has 1 aromatic carbocycles. The summed E-state index contributed by atoms with van der Waals surface area (Å²) in [6.45, 7) is 0. The summed E-state index contributed by atoms with van der Waals surface area (Å²) in [5, 5.41) is 3.22. The van der Waals surface area contributed by atoms with Gasteiger partial charge in [-0.1, -0.05) is 11.6 Å². The van der Waals surface area contributed by atoms with Gasteiger partial charge in [-0.05, 0) is 58.5 Å². The lowest BCUT2D eigenvalue weighted by molar-refractivity contribution is 0.102. The zero-order valence-electron chi connectivity index (χ0n) is 8.82. The van der Waals surface area contributed by atoms with Crippen molar-refractivity contribution in [2.75, 3.05) is 5.32 Å². The summed E-state index contributed by atoms with van der Waals surface area (Å²) in [5.74, 6) is 0.0396. The van der Waals surface area contributed by atoms with Crippen LogP contribution in [0.5, 0.6) is 0 Å². The normalized spacial score (nSPS) is 10.2. The van der Waals surface area contributed by atoms with Crippen molar-refractivity contribution in [3.05, 3.63) is 49.9 Å². The second-order valence-corrected chi connectivity index (χ2v) is 5.20. The van der Waals surface area contributed by atoms with E-state index < -0.39 is 0 Å². The van der Waals surface area contributed by atoms with E-state index in [1.807, 2.05) is 0 Å². The first-order valence-corrected chi connectivity index (χ1v) is 6.64. The second kappa shape index (κ2) is 5.81. The Morgan fingerprint density at radius 3 is 2.72 bits per heavy atom. The molecule has 0 aliphatic heterocycles. The highest BCUT2D eigenvalue weighted by molar-refractivity contribution is 14.1. The van der Waals surface area contributed by atoms with Crippen molar-refractivity contribution in [3.8, 4) is 0 Å². The third kappa shape index (κ3) is 3.30. The molecule has 0 aliphatic carbocycles. The van der Waals surface area contributed by atoms with Crippen molar-refractivity contribution >= 4 is 57.5 Å². The molecule has 4 nitrogen and oxygen atoms in total. The Kier molecular flexibility index (Phi) is 4.36. The number of aromatic nitrogens is 2. The van der Waals surface area contributed by atoms with E-state index in [0.717, 1.165) is 3.57 Å². The number of rotatable bonds is 2. The lowest BCUT2D eigenvalue weighted by Crippen LogP contribution is -2.13. The van der Waals surface area contributed by atoms with Gasteiger partial charge in [0, 0.05) is 15.3 Å². The highest BCUT2D eigenvalue weighted by Crippen LogP contribution is 2.20. The molecule has 0 spiro atoms. The van der Waals surface area contributed by atoms with Gasteiger partial charge in [0.2, 0.25) is 5.28 Å². The Hall–Kier alpha value is -0.920. The largest absolute Gasteiger partial charge is 0.306 e. The Morgan fingerprint density at radius 2 is 2.06 bits per heavy atom. The molecule has 1 N–H and O–H groups in total. The van der Waals surface area contributed by atoms with Crippen LogP contribution in [0.4, 0.5) is 5.82 Å². The summed E-state index contributed by atoms with van der Waals surface area (Å²) < 4.78 is 0.885. The summed E-state index contributed by atoms with van der Waals surface area (Å²) in [7, 11) is 0. The smallest absolute Gasteiger partial charge is 0.256 e. The van der Waals surface area contributed by atoms with Gasteiger partial charge in [-0.2, -0.15) is 0 Å². The van der Waals surface area contributed by atoms with Crippen molar-refractivity contribution in [1.29, 1.82) is 0 Å². The fourth-order valence-corrected chi connectivity index (χ4v) is 1.89. The Labute approximate surface area is 127 Å². The average molecular weight is 394 g/mol. The topological polar surface area (TPSA) is 54.9 Å². The summed E-state index contributed by atoms with van der Waals surface area (Å²) in [6, 6.07) is 6.61. The van der Waals surface area contributed by atoms with Crippen LogP contribution in [0.15, 0.2) is 30.5 Å². The second-order valence-electron chi connectivity index (χ2n) is 3.29. The van der Waals surface area contributed by atoms with Crippen LogP contribution in [0.1, 0.15) is 10.4 Å². The SMILES string of the molecule is O=C(Nc1ccnc(Cl)n1)c1ccc(I)c(Cl)c1. The number of amides is 1. The van der Waals surface area contributed by atoms with Gasteiger partial charge in [0.15, 0.2) is 0 Å². The van der Waals surface area contributed by atoms with Crippen molar-refractivity contribution in [3.63, 3.8) is 0 Å². The molecule has 0 saturated heterocycles. The molecule has 0 atom stereocenters. The van der Waals surface area contributed by atoms with Crippen molar-refractivity contribution in [1.82, 2.24) is 9.97 Å². The van der Waals surface area contributed by atoms with Crippen LogP contribution in [-0.2, 0) is 0 Å². The van der Waals surface area contributed by atoms with Crippen LogP contribution < -0.4 is 5.32 Å². The van der Waals surface area contributed by atoms with Crippen LogP contribution in [0.2, 0.25) is 10.3 Å². The predicted octanol–water partition coefficient (Wildman–Crippen LogP) is 3.64. The van der Waals surface area contributed by atoms with Gasteiger partial charge in [-0.15, -0.1) is 0 Å². The molecule has 1 aromatic heterocycles. The van der Waals surface area contributed by atoms with Crippen LogP contribution >= 0.6 is 45.8 Å². The fraction of sp³-hybridized carbons (Fsp3) is 0. The van der Waals surface area contributed by atoms with Crippen molar-refractivity contribution in [2.24, 2.45) is 0 Å². The molecule has 0 bridgehead atoms. The number of nitrogens with one attached hydrogen (secondary N) is 1. The van der Waals surface area contributed by atoms with Crippen molar-refractivity contribution in [2.45, 2.75) is 0 Å². The Balaban J connectivity index is 2.19. The first-order valence-electron chi connectivity index (χ1n) is 4.81. The number of benzene rings is 1. The lowest BCUT2D eigenvalue weighted by atomic mass is 10.2. The van der Waals surface area contributed by atoms with E-state index in [0.29, 0.717) is 16.4 Å². The van der Waals surface area contributed by atoms with Gasteiger partial charge >= 0.3 is 0 Å². The third-order valence-electron chi connectivity index (χ3n) is 2.05. The van der Waals surface area contributed by atoms with E-state index in [9.17, 15) is 4.79 Å². The molecule has 2 rings (SSSR count). The zero-order chi connectivity index (χ0) is 13.1. The summed E-state index contributed by atoms with van der Waals surface area (Å²) in [5.41, 5.74) is 0.454. The van der Waals surface area contributed by atoms with E-state index in [1.165, 1.54) is 6.20 Å². The molecule has 1 amide bonds. The number of carbonyl (C=O) groups is 1. The number of hydrogen-bond acceptors (Lipinski definition) is 3. The monoisotopic (exact) mass is 393 g/mol. The first-order chi connectivity index (χ1) is 8.56. The molecular formula is C11H6Cl2IN3O. The number of halogens is 3. The number of carbonyl (C=O) groups excluding carboxylic acids is 1. The summed E-state index contributed by atoms with van der Waals surface area (Å²) in [4.78, 5) is 19.5. The molecule has 18 heavy (non-hydrogen) atoms. The molecular weight excluding hydrogens is 388 g/mol. The van der Waals surface area contributed by atoms with Crippen LogP contribution in [-0.4, -0.2) is 15.9 Å². The van der Waals surface area contributed by atoms with E-state index in [4.69, 9.17) is 23.2 Å². The minimum absolute atomic E-state index is 0.0773. The van der Waals surface area contributed by atoms with Gasteiger partial charge in [-0.25, -0.2) is 9.97 Å². The summed E-state index contributed by atoms with van der Waals surface area (Å²) in [6.07, 6.45) is 1.46. The summed E-state index contributed by atoms with van der Waals surface area (Å²) >= 11 is 13.7. The average Bonchev–Trinajstić information content (AvgIpc) is 2.32.